The second kappa shape index (κ2) is 7.29. The maximum absolute atomic E-state index is 13.7. The van der Waals surface area contributed by atoms with Gasteiger partial charge in [0, 0.05) is 5.92 Å². The number of fused-ring (bicyclic) bond motifs is 2. The van der Waals surface area contributed by atoms with Crippen LogP contribution >= 0.6 is 0 Å². The minimum Gasteiger partial charge on any atom is -0.219 e. The highest BCUT2D eigenvalue weighted by Gasteiger charge is 2.61. The lowest BCUT2D eigenvalue weighted by Crippen LogP contribution is -2.57. The third-order valence-corrected chi connectivity index (χ3v) is 6.68. The predicted octanol–water partition coefficient (Wildman–Crippen LogP) is 6.62. The van der Waals surface area contributed by atoms with E-state index in [0.29, 0.717) is 6.42 Å². The van der Waals surface area contributed by atoms with Gasteiger partial charge < -0.3 is 0 Å². The minimum absolute atomic E-state index is 0.136. The molecule has 0 radical (unpaired) electrons. The molecule has 3 aromatic rings. The van der Waals surface area contributed by atoms with Gasteiger partial charge in [0.2, 0.25) is 0 Å². The van der Waals surface area contributed by atoms with E-state index in [1.165, 1.54) is 24.3 Å². The standard InChI is InChI=1S/C26H24F2O2/c1-2-3-6-20-17-25(18-9-13-21(27)14-10-18)23-7-4-5-8-24(23)26(20,30-29-25)19-11-15-22(28)16-12-19/h4-5,7-16,20H,2-3,6,17H2,1H3/t20?,25-,26-/m0/s1. The Morgan fingerprint density at radius 3 is 2.03 bits per heavy atom. The van der Waals surface area contributed by atoms with Crippen molar-refractivity contribution in [1.29, 1.82) is 0 Å². The first-order valence-corrected chi connectivity index (χ1v) is 10.6. The summed E-state index contributed by atoms with van der Waals surface area (Å²) in [5.41, 5.74) is 2.26. The van der Waals surface area contributed by atoms with Crippen LogP contribution < -0.4 is 0 Å². The molecule has 0 spiro atoms. The number of hydrogen-bond donors (Lipinski definition) is 0. The molecule has 3 atom stereocenters. The Bertz CT molecular complexity index is 1050. The van der Waals surface area contributed by atoms with Gasteiger partial charge in [0.1, 0.15) is 11.6 Å². The second-order valence-corrected chi connectivity index (χ2v) is 8.33. The fourth-order valence-electron chi connectivity index (χ4n) is 5.24. The maximum atomic E-state index is 13.7. The zero-order valence-corrected chi connectivity index (χ0v) is 16.9. The van der Waals surface area contributed by atoms with Gasteiger partial charge in [-0.05, 0) is 59.4 Å². The molecule has 0 saturated carbocycles. The molecule has 1 aliphatic carbocycles. The van der Waals surface area contributed by atoms with Crippen LogP contribution in [-0.2, 0) is 21.0 Å². The molecule has 2 nitrogen and oxygen atoms in total. The molecule has 0 N–H and O–H groups in total. The molecular formula is C26H24F2O2. The Labute approximate surface area is 175 Å². The van der Waals surface area contributed by atoms with Gasteiger partial charge in [0.05, 0.1) is 0 Å². The van der Waals surface area contributed by atoms with Crippen molar-refractivity contribution in [2.24, 2.45) is 5.92 Å². The maximum Gasteiger partial charge on any atom is 0.157 e. The summed E-state index contributed by atoms with van der Waals surface area (Å²) >= 11 is 0. The Hall–Kier alpha value is -2.56. The number of hydrogen-bond acceptors (Lipinski definition) is 2. The van der Waals surface area contributed by atoms with Crippen molar-refractivity contribution in [2.45, 2.75) is 43.8 Å². The molecule has 0 aromatic heterocycles. The third-order valence-electron chi connectivity index (χ3n) is 6.68. The van der Waals surface area contributed by atoms with Crippen molar-refractivity contribution in [3.05, 3.63) is 107 Å². The highest BCUT2D eigenvalue weighted by Crippen LogP contribution is 2.62. The summed E-state index contributed by atoms with van der Waals surface area (Å²) < 4.78 is 27.3. The Balaban J connectivity index is 1.74. The van der Waals surface area contributed by atoms with Gasteiger partial charge in [-0.2, -0.15) is 0 Å². The van der Waals surface area contributed by atoms with Gasteiger partial charge in [-0.15, -0.1) is 0 Å². The summed E-state index contributed by atoms with van der Waals surface area (Å²) in [6, 6.07) is 21.2. The van der Waals surface area contributed by atoms with Gasteiger partial charge in [-0.25, -0.2) is 18.6 Å². The molecular weight excluding hydrogens is 382 g/mol. The smallest absolute Gasteiger partial charge is 0.157 e. The first kappa shape index (κ1) is 19.4. The summed E-state index contributed by atoms with van der Waals surface area (Å²) in [5, 5.41) is 0. The van der Waals surface area contributed by atoms with Gasteiger partial charge in [-0.1, -0.05) is 68.3 Å². The van der Waals surface area contributed by atoms with Crippen LogP contribution in [0.5, 0.6) is 0 Å². The molecule has 1 unspecified atom stereocenters. The van der Waals surface area contributed by atoms with Crippen molar-refractivity contribution in [3.63, 3.8) is 0 Å². The normalized spacial score (nSPS) is 27.1. The van der Waals surface area contributed by atoms with Crippen molar-refractivity contribution in [1.82, 2.24) is 0 Å². The average molecular weight is 406 g/mol. The van der Waals surface area contributed by atoms with E-state index in [1.807, 2.05) is 12.1 Å². The van der Waals surface area contributed by atoms with Crippen LogP contribution in [0.2, 0.25) is 0 Å². The second-order valence-electron chi connectivity index (χ2n) is 8.33. The van der Waals surface area contributed by atoms with Crippen LogP contribution in [-0.4, -0.2) is 0 Å². The highest BCUT2D eigenvalue weighted by atomic mass is 19.1. The molecule has 3 aromatic carbocycles. The summed E-state index contributed by atoms with van der Waals surface area (Å²) in [4.78, 5) is 12.5. The van der Waals surface area contributed by atoms with Crippen LogP contribution in [0.1, 0.15) is 54.9 Å². The van der Waals surface area contributed by atoms with Crippen LogP contribution in [0.25, 0.3) is 0 Å². The zero-order chi connectivity index (χ0) is 20.8. The van der Waals surface area contributed by atoms with E-state index in [9.17, 15) is 8.78 Å². The molecule has 2 heterocycles. The van der Waals surface area contributed by atoms with Gasteiger partial charge in [0.25, 0.3) is 0 Å². The van der Waals surface area contributed by atoms with E-state index in [0.717, 1.165) is 41.5 Å². The lowest BCUT2D eigenvalue weighted by atomic mass is 9.59. The largest absolute Gasteiger partial charge is 0.219 e. The SMILES string of the molecule is CCCCC1C[C@@]2(c3ccc(F)cc3)OO[C@]1(c1ccc(F)cc1)c1ccccc12. The van der Waals surface area contributed by atoms with E-state index in [1.54, 1.807) is 24.3 Å². The van der Waals surface area contributed by atoms with E-state index >= 15 is 0 Å². The van der Waals surface area contributed by atoms with E-state index in [4.69, 9.17) is 9.78 Å². The van der Waals surface area contributed by atoms with Crippen LogP contribution in [0, 0.1) is 17.6 Å². The Morgan fingerprint density at radius 2 is 1.40 bits per heavy atom. The molecule has 2 bridgehead atoms. The van der Waals surface area contributed by atoms with Gasteiger partial charge in [-0.3, -0.25) is 0 Å². The fourth-order valence-corrected chi connectivity index (χ4v) is 5.24. The topological polar surface area (TPSA) is 18.5 Å². The summed E-state index contributed by atoms with van der Waals surface area (Å²) in [6.07, 6.45) is 3.79. The number of benzene rings is 3. The average Bonchev–Trinajstić information content (AvgIpc) is 2.79. The fraction of sp³-hybridized carbons (Fsp3) is 0.308. The number of rotatable bonds is 5. The van der Waals surface area contributed by atoms with Crippen LogP contribution in [0.4, 0.5) is 8.78 Å². The Morgan fingerprint density at radius 1 is 0.800 bits per heavy atom. The monoisotopic (exact) mass is 406 g/mol. The molecule has 30 heavy (non-hydrogen) atoms. The zero-order valence-electron chi connectivity index (χ0n) is 16.9. The first-order chi connectivity index (χ1) is 14.6. The molecule has 1 saturated heterocycles. The molecule has 3 aliphatic rings. The third kappa shape index (κ3) is 2.74. The predicted molar refractivity (Wildman–Crippen MR) is 111 cm³/mol. The molecule has 154 valence electrons. The van der Waals surface area contributed by atoms with Crippen molar-refractivity contribution < 1.29 is 18.6 Å². The van der Waals surface area contributed by atoms with E-state index in [2.05, 4.69) is 19.1 Å². The summed E-state index contributed by atoms with van der Waals surface area (Å²) in [6.45, 7) is 2.17. The lowest BCUT2D eigenvalue weighted by Gasteiger charge is -2.57. The quantitative estimate of drug-likeness (QED) is 0.443. The van der Waals surface area contributed by atoms with Gasteiger partial charge in [0.15, 0.2) is 11.2 Å². The summed E-state index contributed by atoms with van der Waals surface area (Å²) in [7, 11) is 0. The number of halogens is 2. The van der Waals surface area contributed by atoms with Gasteiger partial charge >= 0.3 is 0 Å². The molecule has 0 amide bonds. The highest BCUT2D eigenvalue weighted by molar-refractivity contribution is 5.52. The van der Waals surface area contributed by atoms with Crippen molar-refractivity contribution >= 4 is 0 Å². The van der Waals surface area contributed by atoms with E-state index in [-0.39, 0.29) is 17.6 Å². The lowest BCUT2D eigenvalue weighted by molar-refractivity contribution is -0.458. The van der Waals surface area contributed by atoms with Crippen LogP contribution in [0.15, 0.2) is 72.8 Å². The van der Waals surface area contributed by atoms with E-state index < -0.39 is 11.2 Å². The Kier molecular flexibility index (Phi) is 4.72. The molecule has 1 fully saturated rings. The summed E-state index contributed by atoms with van der Waals surface area (Å²) in [5.74, 6) is -0.419. The first-order valence-electron chi connectivity index (χ1n) is 10.6. The van der Waals surface area contributed by atoms with Crippen molar-refractivity contribution in [2.75, 3.05) is 0 Å². The minimum atomic E-state index is -0.790. The molecule has 2 aliphatic heterocycles. The molecule has 4 heteroatoms. The van der Waals surface area contributed by atoms with Crippen LogP contribution in [0.3, 0.4) is 0 Å². The molecule has 6 rings (SSSR count). The van der Waals surface area contributed by atoms with Crippen molar-refractivity contribution in [3.8, 4) is 0 Å². The number of unbranched alkanes of at least 4 members (excludes halogenated alkanes) is 1.